The standard InChI is InChI=1S/C13H17ClN4O/c14-13-15-11(17-5-1-2-6-17)10-12(16-13)18-7-3-4-9(18)8-19-10/h9H,1-8H2. The van der Waals surface area contributed by atoms with Crippen LogP contribution >= 0.6 is 11.6 Å². The van der Waals surface area contributed by atoms with Gasteiger partial charge in [0.15, 0.2) is 11.6 Å². The smallest absolute Gasteiger partial charge is 0.226 e. The van der Waals surface area contributed by atoms with Crippen molar-refractivity contribution in [3.63, 3.8) is 0 Å². The van der Waals surface area contributed by atoms with Crippen molar-refractivity contribution >= 4 is 23.2 Å². The van der Waals surface area contributed by atoms with Crippen LogP contribution in [0.4, 0.5) is 11.6 Å². The first-order chi connectivity index (χ1) is 9.33. The van der Waals surface area contributed by atoms with Crippen molar-refractivity contribution in [2.75, 3.05) is 36.0 Å². The van der Waals surface area contributed by atoms with Gasteiger partial charge in [0.1, 0.15) is 6.61 Å². The minimum atomic E-state index is 0.330. The highest BCUT2D eigenvalue weighted by Crippen LogP contribution is 2.43. The van der Waals surface area contributed by atoms with Gasteiger partial charge in [-0.3, -0.25) is 0 Å². The Morgan fingerprint density at radius 2 is 1.84 bits per heavy atom. The van der Waals surface area contributed by atoms with Crippen molar-refractivity contribution in [1.82, 2.24) is 9.97 Å². The van der Waals surface area contributed by atoms with Crippen LogP contribution in [-0.4, -0.2) is 42.3 Å². The van der Waals surface area contributed by atoms with E-state index < -0.39 is 0 Å². The minimum Gasteiger partial charge on any atom is -0.484 e. The second-order valence-corrected chi connectivity index (χ2v) is 5.80. The third kappa shape index (κ3) is 1.83. The number of fused-ring (bicyclic) bond motifs is 3. The number of nitrogens with zero attached hydrogens (tertiary/aromatic N) is 4. The molecule has 0 aliphatic carbocycles. The van der Waals surface area contributed by atoms with Crippen molar-refractivity contribution in [3.05, 3.63) is 5.28 Å². The van der Waals surface area contributed by atoms with Gasteiger partial charge in [-0.25, -0.2) is 0 Å². The zero-order chi connectivity index (χ0) is 12.8. The van der Waals surface area contributed by atoms with Gasteiger partial charge in [0.25, 0.3) is 0 Å². The summed E-state index contributed by atoms with van der Waals surface area (Å²) in [6.45, 7) is 3.87. The van der Waals surface area contributed by atoms with Crippen LogP contribution in [0.3, 0.4) is 0 Å². The van der Waals surface area contributed by atoms with E-state index in [-0.39, 0.29) is 0 Å². The summed E-state index contributed by atoms with van der Waals surface area (Å²) < 4.78 is 5.97. The summed E-state index contributed by atoms with van der Waals surface area (Å²) in [5, 5.41) is 0.330. The van der Waals surface area contributed by atoms with Crippen molar-refractivity contribution in [2.45, 2.75) is 31.7 Å². The van der Waals surface area contributed by atoms with E-state index in [4.69, 9.17) is 16.3 Å². The summed E-state index contributed by atoms with van der Waals surface area (Å²) in [5.41, 5.74) is 0. The Balaban J connectivity index is 1.80. The molecule has 0 radical (unpaired) electrons. The van der Waals surface area contributed by atoms with Crippen LogP contribution in [0.2, 0.25) is 5.28 Å². The summed E-state index contributed by atoms with van der Waals surface area (Å²) in [6, 6.07) is 0.463. The molecule has 0 N–H and O–H groups in total. The second-order valence-electron chi connectivity index (χ2n) is 5.46. The first-order valence-corrected chi connectivity index (χ1v) is 7.42. The van der Waals surface area contributed by atoms with Gasteiger partial charge in [-0.2, -0.15) is 9.97 Å². The van der Waals surface area contributed by atoms with Gasteiger partial charge in [-0.05, 0) is 37.3 Å². The van der Waals surface area contributed by atoms with E-state index in [9.17, 15) is 0 Å². The quantitative estimate of drug-likeness (QED) is 0.737. The molecule has 0 saturated carbocycles. The molecule has 1 unspecified atom stereocenters. The summed E-state index contributed by atoms with van der Waals surface area (Å²) >= 11 is 6.12. The lowest BCUT2D eigenvalue weighted by Gasteiger charge is -2.34. The van der Waals surface area contributed by atoms with E-state index in [0.717, 1.165) is 43.6 Å². The zero-order valence-corrected chi connectivity index (χ0v) is 11.6. The van der Waals surface area contributed by atoms with Crippen molar-refractivity contribution in [1.29, 1.82) is 0 Å². The van der Waals surface area contributed by atoms with Gasteiger partial charge < -0.3 is 14.5 Å². The highest BCUT2D eigenvalue weighted by atomic mass is 35.5. The number of hydrogen-bond donors (Lipinski definition) is 0. The Labute approximate surface area is 117 Å². The van der Waals surface area contributed by atoms with Crippen molar-refractivity contribution in [2.24, 2.45) is 0 Å². The lowest BCUT2D eigenvalue weighted by molar-refractivity contribution is 0.269. The molecular weight excluding hydrogens is 264 g/mol. The number of aromatic nitrogens is 2. The molecule has 3 aliphatic rings. The summed E-state index contributed by atoms with van der Waals surface area (Å²) in [4.78, 5) is 13.4. The zero-order valence-electron chi connectivity index (χ0n) is 10.8. The van der Waals surface area contributed by atoms with Gasteiger partial charge >= 0.3 is 0 Å². The molecule has 0 spiro atoms. The van der Waals surface area contributed by atoms with Crippen LogP contribution in [0.15, 0.2) is 0 Å². The van der Waals surface area contributed by atoms with E-state index in [2.05, 4.69) is 19.8 Å². The molecule has 5 nitrogen and oxygen atoms in total. The first kappa shape index (κ1) is 11.6. The lowest BCUT2D eigenvalue weighted by Crippen LogP contribution is -2.39. The normalized spacial score (nSPS) is 25.2. The van der Waals surface area contributed by atoms with E-state index in [0.29, 0.717) is 11.3 Å². The van der Waals surface area contributed by atoms with E-state index in [1.54, 1.807) is 0 Å². The maximum Gasteiger partial charge on any atom is 0.226 e. The summed E-state index contributed by atoms with van der Waals surface area (Å²) in [5.74, 6) is 2.62. The van der Waals surface area contributed by atoms with Gasteiger partial charge in [0.05, 0.1) is 6.04 Å². The maximum atomic E-state index is 6.12. The molecule has 2 saturated heterocycles. The monoisotopic (exact) mass is 280 g/mol. The molecule has 1 aromatic heterocycles. The van der Waals surface area contributed by atoms with Crippen molar-refractivity contribution in [3.8, 4) is 5.75 Å². The van der Waals surface area contributed by atoms with Gasteiger partial charge in [-0.1, -0.05) is 0 Å². The van der Waals surface area contributed by atoms with Crippen LogP contribution < -0.4 is 14.5 Å². The molecule has 1 atom stereocenters. The number of anilines is 2. The largest absolute Gasteiger partial charge is 0.484 e. The van der Waals surface area contributed by atoms with Crippen LogP contribution in [0, 0.1) is 0 Å². The van der Waals surface area contributed by atoms with Crippen LogP contribution in [0.25, 0.3) is 0 Å². The molecule has 6 heteroatoms. The molecule has 4 heterocycles. The third-order valence-corrected chi connectivity index (χ3v) is 4.45. The van der Waals surface area contributed by atoms with E-state index >= 15 is 0 Å². The number of hydrogen-bond acceptors (Lipinski definition) is 5. The average Bonchev–Trinajstić information content (AvgIpc) is 3.09. The molecule has 4 rings (SSSR count). The molecule has 3 aliphatic heterocycles. The first-order valence-electron chi connectivity index (χ1n) is 7.05. The SMILES string of the molecule is Clc1nc(N2CCCC2)c2c(n1)N1CCCC1CO2. The molecule has 1 aromatic rings. The molecule has 0 aromatic carbocycles. The molecular formula is C13H17ClN4O. The topological polar surface area (TPSA) is 41.5 Å². The third-order valence-electron chi connectivity index (χ3n) is 4.28. The lowest BCUT2D eigenvalue weighted by atomic mass is 10.2. The average molecular weight is 281 g/mol. The molecule has 102 valence electrons. The fraction of sp³-hybridized carbons (Fsp3) is 0.692. The number of halogens is 1. The fourth-order valence-corrected chi connectivity index (χ4v) is 3.50. The molecule has 19 heavy (non-hydrogen) atoms. The maximum absolute atomic E-state index is 6.12. The van der Waals surface area contributed by atoms with Gasteiger partial charge in [0.2, 0.25) is 11.0 Å². The van der Waals surface area contributed by atoms with Crippen LogP contribution in [0.5, 0.6) is 5.75 Å². The van der Waals surface area contributed by atoms with Crippen LogP contribution in [0.1, 0.15) is 25.7 Å². The van der Waals surface area contributed by atoms with E-state index in [1.807, 2.05) is 0 Å². The highest BCUT2D eigenvalue weighted by molar-refractivity contribution is 6.28. The highest BCUT2D eigenvalue weighted by Gasteiger charge is 2.36. The number of ether oxygens (including phenoxy) is 1. The summed E-state index contributed by atoms with van der Waals surface area (Å²) in [6.07, 6.45) is 4.81. The predicted octanol–water partition coefficient (Wildman–Crippen LogP) is 2.09. The predicted molar refractivity (Wildman–Crippen MR) is 74.4 cm³/mol. The molecule has 0 bridgehead atoms. The fourth-order valence-electron chi connectivity index (χ4n) is 3.34. The van der Waals surface area contributed by atoms with Crippen molar-refractivity contribution < 1.29 is 4.74 Å². The Bertz CT molecular complexity index is 486. The Kier molecular flexibility index (Phi) is 2.69. The van der Waals surface area contributed by atoms with Crippen LogP contribution in [-0.2, 0) is 0 Å². The summed E-state index contributed by atoms with van der Waals surface area (Å²) in [7, 11) is 0. The Hall–Kier alpha value is -1.23. The Morgan fingerprint density at radius 1 is 1.05 bits per heavy atom. The number of rotatable bonds is 1. The Morgan fingerprint density at radius 3 is 2.68 bits per heavy atom. The minimum absolute atomic E-state index is 0.330. The molecule has 0 amide bonds. The van der Waals surface area contributed by atoms with E-state index in [1.165, 1.54) is 25.7 Å². The second kappa shape index (κ2) is 4.40. The van der Waals surface area contributed by atoms with Gasteiger partial charge in [0, 0.05) is 19.6 Å². The van der Waals surface area contributed by atoms with Gasteiger partial charge in [-0.15, -0.1) is 0 Å². The molecule has 2 fully saturated rings.